The second-order valence-electron chi connectivity index (χ2n) is 6.98. The summed E-state index contributed by atoms with van der Waals surface area (Å²) in [5, 5.41) is 20.6. The Labute approximate surface area is 270 Å². The fourth-order valence-corrected chi connectivity index (χ4v) is 3.19. The minimum absolute atomic E-state index is 0. The van der Waals surface area contributed by atoms with E-state index in [2.05, 4.69) is 20.3 Å². The number of fused-ring (bicyclic) bond motifs is 1. The summed E-state index contributed by atoms with van der Waals surface area (Å²) >= 11 is 0. The van der Waals surface area contributed by atoms with Crippen molar-refractivity contribution in [3.05, 3.63) is 57.5 Å². The maximum absolute atomic E-state index is 12.3. The average molecular weight is 602 g/mol. The van der Waals surface area contributed by atoms with Crippen molar-refractivity contribution in [3.63, 3.8) is 0 Å². The molecule has 1 amide bonds. The van der Waals surface area contributed by atoms with Gasteiger partial charge in [-0.25, -0.2) is 4.79 Å². The first kappa shape index (κ1) is 53.8. The molecule has 3 rings (SSSR count). The van der Waals surface area contributed by atoms with Crippen LogP contribution in [0.5, 0.6) is 0 Å². The summed E-state index contributed by atoms with van der Waals surface area (Å²) in [5.41, 5.74) is 7.59. The van der Waals surface area contributed by atoms with Gasteiger partial charge >= 0.3 is 71.1 Å². The number of carbonyl (C=O) groups excluding carboxylic acids is 1. The number of aromatic amines is 2. The van der Waals surface area contributed by atoms with Gasteiger partial charge in [-0.15, -0.1) is 0 Å². The number of aliphatic carboxylic acids is 2. The van der Waals surface area contributed by atoms with Crippen molar-refractivity contribution in [3.8, 4) is 0 Å². The molecule has 21 N–H and O–H groups in total. The number of aryl methyl sites for hydroxylation is 2. The third-order valence-corrected chi connectivity index (χ3v) is 4.80. The number of hydrogen-bond acceptors (Lipinski definition) is 6. The third kappa shape index (κ3) is 14.3. The van der Waals surface area contributed by atoms with Gasteiger partial charge in [0.2, 0.25) is 5.95 Å². The molecule has 1 atom stereocenters. The summed E-state index contributed by atoms with van der Waals surface area (Å²) < 4.78 is 0. The van der Waals surface area contributed by atoms with E-state index in [1.807, 2.05) is 0 Å². The zero-order valence-electron chi connectivity index (χ0n) is 19.8. The number of carboxylic acid groups (broad SMARTS) is 2. The van der Waals surface area contributed by atoms with E-state index >= 15 is 0 Å². The topological polar surface area (TPSA) is 412 Å². The molecule has 1 aromatic carbocycles. The van der Waals surface area contributed by atoms with E-state index in [4.69, 9.17) is 15.9 Å². The number of benzene rings is 1. The van der Waals surface area contributed by atoms with E-state index < -0.39 is 29.4 Å². The van der Waals surface area contributed by atoms with Crippen molar-refractivity contribution < 1.29 is 62.9 Å². The molecule has 0 bridgehead atoms. The van der Waals surface area contributed by atoms with Gasteiger partial charge in [0.05, 0.1) is 5.39 Å². The molecule has 0 unspecified atom stereocenters. The van der Waals surface area contributed by atoms with Gasteiger partial charge in [0, 0.05) is 18.2 Å². The number of rotatable bonds is 9. The van der Waals surface area contributed by atoms with Crippen LogP contribution in [0.1, 0.15) is 34.3 Å². The second-order valence-corrected chi connectivity index (χ2v) is 6.98. The van der Waals surface area contributed by atoms with E-state index in [0.29, 0.717) is 23.9 Å². The van der Waals surface area contributed by atoms with Gasteiger partial charge in [-0.1, -0.05) is 12.1 Å². The van der Waals surface area contributed by atoms with E-state index in [-0.39, 0.29) is 122 Å². The van der Waals surface area contributed by atoms with Crippen molar-refractivity contribution in [1.82, 2.24) is 20.3 Å². The van der Waals surface area contributed by atoms with Crippen molar-refractivity contribution >= 4 is 93.9 Å². The average Bonchev–Trinajstić information content (AvgIpc) is 3.12. The number of H-pyrrole nitrogens is 2. The summed E-state index contributed by atoms with van der Waals surface area (Å²) in [6, 6.07) is 5.30. The number of amides is 1. The fourth-order valence-electron chi connectivity index (χ4n) is 3.19. The summed E-state index contributed by atoms with van der Waals surface area (Å²) in [5.74, 6) is -3.00. The summed E-state index contributed by atoms with van der Waals surface area (Å²) in [4.78, 5) is 55.7. The van der Waals surface area contributed by atoms with Crippen LogP contribution >= 0.6 is 0 Å². The molecular weight excluding hydrogens is 564 g/mol. The molecule has 3 aromatic rings. The predicted molar refractivity (Wildman–Crippen MR) is 150 cm³/mol. The first-order valence-electron chi connectivity index (χ1n) is 9.44. The Hall–Kier alpha value is -2.43. The minimum atomic E-state index is -1.30. The number of anilines is 1. The van der Waals surface area contributed by atoms with Gasteiger partial charge in [-0.05, 0) is 42.5 Å². The molecule has 20 heteroatoms. The molecule has 0 radical (unpaired) electrons. The molecule has 222 valence electrons. The monoisotopic (exact) mass is 601 g/mol. The molecule has 18 nitrogen and oxygen atoms in total. The Kier molecular flexibility index (Phi) is 32.8. The molecule has 0 fully saturated rings. The Morgan fingerprint density at radius 3 is 1.98 bits per heavy atom. The summed E-state index contributed by atoms with van der Waals surface area (Å²) in [7, 11) is 0. The normalized spacial score (nSPS) is 9.20. The number of nitrogen functional groups attached to an aromatic ring is 1. The molecular formula is C20H37N5Na2O13. The Morgan fingerprint density at radius 1 is 0.925 bits per heavy atom. The SMILES string of the molecule is Nc1nc(=O)c2c(CCc3ccc(C(=O)N[C@@H](CCC(=O)O)C(=O)O)cc3)c[nH]c2[nH]1.O.O.O.O.O.O.O.[NaH].[NaH]. The van der Waals surface area contributed by atoms with Crippen LogP contribution in [0, 0.1) is 0 Å². The molecule has 0 saturated carbocycles. The van der Waals surface area contributed by atoms with Gasteiger partial charge < -0.3 is 69.6 Å². The van der Waals surface area contributed by atoms with Crippen molar-refractivity contribution in [1.29, 1.82) is 0 Å². The molecule has 0 spiro atoms. The van der Waals surface area contributed by atoms with E-state index in [0.717, 1.165) is 11.1 Å². The Morgan fingerprint density at radius 2 is 1.48 bits per heavy atom. The molecule has 2 heterocycles. The van der Waals surface area contributed by atoms with Gasteiger partial charge in [0.15, 0.2) is 0 Å². The van der Waals surface area contributed by atoms with Gasteiger partial charge in [0.1, 0.15) is 11.7 Å². The van der Waals surface area contributed by atoms with Crippen molar-refractivity contribution in [2.75, 3.05) is 5.73 Å². The summed E-state index contributed by atoms with van der Waals surface area (Å²) in [6.07, 6.45) is 2.29. The van der Waals surface area contributed by atoms with Crippen LogP contribution < -0.4 is 16.6 Å². The number of hydrogen-bond donors (Lipinski definition) is 6. The molecule has 2 aromatic heterocycles. The first-order chi connectivity index (χ1) is 14.7. The molecule has 0 aliphatic carbocycles. The molecule has 0 aliphatic heterocycles. The standard InChI is InChI=1S/C20H21N5O6.2Na.7H2O.2H/c21-20-24-16-15(18(29)25-20)12(9-22-16)6-3-10-1-4-11(5-2-10)17(28)23-13(19(30)31)7-8-14(26)27;;;;;;;;;;;/h1-2,4-5,9,13H,3,6-8H2,(H,23,28)(H,26,27)(H,30,31)(H4,21,22,24,25,29);;;7*1H2;;/t13-;;;;;;;;;;;/m0.........../s1. The first-order valence-corrected chi connectivity index (χ1v) is 9.44. The predicted octanol–water partition coefficient (Wildman–Crippen LogP) is -6.40. The van der Waals surface area contributed by atoms with Gasteiger partial charge in [-0.3, -0.25) is 14.4 Å². The summed E-state index contributed by atoms with van der Waals surface area (Å²) in [6.45, 7) is 0. The number of carbonyl (C=O) groups is 3. The number of nitrogens with two attached hydrogens (primary N) is 1. The van der Waals surface area contributed by atoms with Crippen LogP contribution in [-0.4, -0.2) is 147 Å². The van der Waals surface area contributed by atoms with Crippen molar-refractivity contribution in [2.45, 2.75) is 31.7 Å². The molecule has 40 heavy (non-hydrogen) atoms. The van der Waals surface area contributed by atoms with E-state index in [1.165, 1.54) is 0 Å². The van der Waals surface area contributed by atoms with Crippen LogP contribution in [0.3, 0.4) is 0 Å². The zero-order valence-corrected chi connectivity index (χ0v) is 19.8. The third-order valence-electron chi connectivity index (χ3n) is 4.80. The Balaban J connectivity index is -0.000000242. The number of nitrogens with one attached hydrogen (secondary N) is 3. The van der Waals surface area contributed by atoms with Crippen LogP contribution in [0.15, 0.2) is 35.3 Å². The molecule has 0 saturated heterocycles. The van der Waals surface area contributed by atoms with Gasteiger partial charge in [-0.2, -0.15) is 4.98 Å². The quantitative estimate of drug-likeness (QED) is 0.128. The van der Waals surface area contributed by atoms with E-state index in [9.17, 15) is 19.2 Å². The maximum atomic E-state index is 12.3. The molecule has 0 aliphatic rings. The number of aromatic nitrogens is 3. The number of carboxylic acids is 2. The van der Waals surface area contributed by atoms with Crippen LogP contribution in [-0.2, 0) is 22.4 Å². The number of nitrogens with zero attached hydrogens (tertiary/aromatic N) is 1. The van der Waals surface area contributed by atoms with Crippen LogP contribution in [0.2, 0.25) is 0 Å². The Bertz CT molecular complexity index is 1210. The van der Waals surface area contributed by atoms with Crippen LogP contribution in [0.25, 0.3) is 11.0 Å². The van der Waals surface area contributed by atoms with E-state index in [1.54, 1.807) is 30.5 Å². The van der Waals surface area contributed by atoms with Gasteiger partial charge in [0.25, 0.3) is 11.5 Å². The zero-order chi connectivity index (χ0) is 22.5. The fraction of sp³-hybridized carbons (Fsp3) is 0.250. The van der Waals surface area contributed by atoms with Crippen LogP contribution in [0.4, 0.5) is 5.95 Å². The van der Waals surface area contributed by atoms with Crippen molar-refractivity contribution in [2.24, 2.45) is 0 Å². The second kappa shape index (κ2) is 24.4.